The molecule has 1 amide bonds. The van der Waals surface area contributed by atoms with E-state index in [0.717, 1.165) is 16.7 Å². The topological polar surface area (TPSA) is 64.6 Å². The first kappa shape index (κ1) is 18.7. The molecule has 0 aliphatic rings. The van der Waals surface area contributed by atoms with Crippen molar-refractivity contribution in [3.8, 4) is 0 Å². The molecule has 2 rings (SSSR count). The third kappa shape index (κ3) is 4.90. The summed E-state index contributed by atoms with van der Waals surface area (Å²) in [5.74, 6) is -1.17. The van der Waals surface area contributed by atoms with Crippen LogP contribution in [-0.2, 0) is 20.9 Å². The zero-order valence-corrected chi connectivity index (χ0v) is 14.7. The van der Waals surface area contributed by atoms with Gasteiger partial charge in [-0.1, -0.05) is 48.0 Å². The number of methoxy groups -OCH3 is 2. The molecule has 1 N–H and O–H groups in total. The average Bonchev–Trinajstić information content (AvgIpc) is 2.62. The summed E-state index contributed by atoms with van der Waals surface area (Å²) in [7, 11) is 2.93. The molecule has 0 spiro atoms. The van der Waals surface area contributed by atoms with Gasteiger partial charge in [-0.05, 0) is 24.1 Å². The molecule has 2 aromatic rings. The second kappa shape index (κ2) is 8.99. The van der Waals surface area contributed by atoms with Crippen LogP contribution in [0.25, 0.3) is 0 Å². The Hall–Kier alpha value is -2.66. The standard InChI is InChI=1S/C20H23NO4/c1-14-7-6-9-15(11-14)18(20(23)25-3)12-21-19(22)17-10-5-4-8-16(17)13-24-2/h4-11,18H,12-13H2,1-3H3,(H,21,22)/t18-/m1/s1. The summed E-state index contributed by atoms with van der Waals surface area (Å²) in [4.78, 5) is 24.7. The predicted octanol–water partition coefficient (Wildman–Crippen LogP) is 2.83. The van der Waals surface area contributed by atoms with Crippen molar-refractivity contribution in [2.75, 3.05) is 20.8 Å². The number of aryl methyl sites for hydroxylation is 1. The van der Waals surface area contributed by atoms with Crippen LogP contribution in [0.4, 0.5) is 0 Å². The fraction of sp³-hybridized carbons (Fsp3) is 0.300. The second-order valence-electron chi connectivity index (χ2n) is 5.79. The number of ether oxygens (including phenoxy) is 2. The van der Waals surface area contributed by atoms with Crippen molar-refractivity contribution >= 4 is 11.9 Å². The van der Waals surface area contributed by atoms with Gasteiger partial charge in [-0.25, -0.2) is 0 Å². The minimum atomic E-state index is -0.552. The highest BCUT2D eigenvalue weighted by atomic mass is 16.5. The Morgan fingerprint density at radius 3 is 2.52 bits per heavy atom. The molecule has 0 radical (unpaired) electrons. The van der Waals surface area contributed by atoms with Gasteiger partial charge >= 0.3 is 5.97 Å². The van der Waals surface area contributed by atoms with Gasteiger partial charge in [0.15, 0.2) is 0 Å². The van der Waals surface area contributed by atoms with E-state index >= 15 is 0 Å². The molecule has 0 bridgehead atoms. The Morgan fingerprint density at radius 2 is 1.84 bits per heavy atom. The number of esters is 1. The molecule has 0 aliphatic heterocycles. The number of carbonyl (C=O) groups excluding carboxylic acids is 2. The molecule has 0 heterocycles. The van der Waals surface area contributed by atoms with Crippen LogP contribution in [0.3, 0.4) is 0 Å². The number of rotatable bonds is 7. The normalized spacial score (nSPS) is 11.6. The van der Waals surface area contributed by atoms with Crippen LogP contribution in [0.15, 0.2) is 48.5 Å². The largest absolute Gasteiger partial charge is 0.468 e. The molecular weight excluding hydrogens is 318 g/mol. The van der Waals surface area contributed by atoms with Crippen LogP contribution >= 0.6 is 0 Å². The molecule has 2 aromatic carbocycles. The maximum atomic E-state index is 12.5. The Balaban J connectivity index is 2.15. The van der Waals surface area contributed by atoms with Gasteiger partial charge in [0, 0.05) is 19.2 Å². The molecule has 0 aromatic heterocycles. The van der Waals surface area contributed by atoms with Crippen molar-refractivity contribution in [2.45, 2.75) is 19.4 Å². The van der Waals surface area contributed by atoms with E-state index in [0.29, 0.717) is 12.2 Å². The van der Waals surface area contributed by atoms with Crippen molar-refractivity contribution in [1.29, 1.82) is 0 Å². The van der Waals surface area contributed by atoms with E-state index in [9.17, 15) is 9.59 Å². The molecule has 1 atom stereocenters. The third-order valence-corrected chi connectivity index (χ3v) is 3.96. The van der Waals surface area contributed by atoms with Gasteiger partial charge in [-0.15, -0.1) is 0 Å². The van der Waals surface area contributed by atoms with Gasteiger partial charge in [-0.3, -0.25) is 9.59 Å². The highest BCUT2D eigenvalue weighted by molar-refractivity contribution is 5.96. The molecule has 5 heteroatoms. The highest BCUT2D eigenvalue weighted by Crippen LogP contribution is 2.18. The van der Waals surface area contributed by atoms with Crippen molar-refractivity contribution in [3.05, 3.63) is 70.8 Å². The smallest absolute Gasteiger partial charge is 0.314 e. The van der Waals surface area contributed by atoms with E-state index < -0.39 is 5.92 Å². The van der Waals surface area contributed by atoms with E-state index in [1.54, 1.807) is 19.2 Å². The molecule has 5 nitrogen and oxygen atoms in total. The summed E-state index contributed by atoms with van der Waals surface area (Å²) in [6.45, 7) is 2.47. The summed E-state index contributed by atoms with van der Waals surface area (Å²) in [6, 6.07) is 14.9. The zero-order chi connectivity index (χ0) is 18.2. The molecular formula is C20H23NO4. The minimum Gasteiger partial charge on any atom is -0.468 e. The summed E-state index contributed by atoms with van der Waals surface area (Å²) < 4.78 is 10.0. The van der Waals surface area contributed by atoms with Crippen LogP contribution in [0.1, 0.15) is 33.0 Å². The van der Waals surface area contributed by atoms with Crippen molar-refractivity contribution in [1.82, 2.24) is 5.32 Å². The fourth-order valence-corrected chi connectivity index (χ4v) is 2.68. The Morgan fingerprint density at radius 1 is 1.08 bits per heavy atom. The van der Waals surface area contributed by atoms with Crippen molar-refractivity contribution < 1.29 is 19.1 Å². The predicted molar refractivity (Wildman–Crippen MR) is 95.4 cm³/mol. The van der Waals surface area contributed by atoms with Crippen LogP contribution in [0.2, 0.25) is 0 Å². The summed E-state index contributed by atoms with van der Waals surface area (Å²) >= 11 is 0. The van der Waals surface area contributed by atoms with Crippen LogP contribution in [0.5, 0.6) is 0 Å². The first-order valence-electron chi connectivity index (χ1n) is 8.06. The van der Waals surface area contributed by atoms with E-state index in [1.165, 1.54) is 7.11 Å². The maximum absolute atomic E-state index is 12.5. The number of hydrogen-bond donors (Lipinski definition) is 1. The monoisotopic (exact) mass is 341 g/mol. The molecule has 0 saturated carbocycles. The lowest BCUT2D eigenvalue weighted by Crippen LogP contribution is -2.32. The molecule has 0 unspecified atom stereocenters. The quantitative estimate of drug-likeness (QED) is 0.787. The fourth-order valence-electron chi connectivity index (χ4n) is 2.68. The number of carbonyl (C=O) groups is 2. The number of hydrogen-bond acceptors (Lipinski definition) is 4. The molecule has 132 valence electrons. The zero-order valence-electron chi connectivity index (χ0n) is 14.7. The number of benzene rings is 2. The minimum absolute atomic E-state index is 0.163. The third-order valence-electron chi connectivity index (χ3n) is 3.96. The second-order valence-corrected chi connectivity index (χ2v) is 5.79. The summed E-state index contributed by atoms with van der Waals surface area (Å²) in [5.41, 5.74) is 3.20. The van der Waals surface area contributed by atoms with Gasteiger partial charge < -0.3 is 14.8 Å². The SMILES string of the molecule is COCc1ccccc1C(=O)NC[C@@H](C(=O)OC)c1cccc(C)c1. The molecule has 0 aliphatic carbocycles. The van der Waals surface area contributed by atoms with Crippen LogP contribution < -0.4 is 5.32 Å². The molecule has 25 heavy (non-hydrogen) atoms. The number of nitrogens with one attached hydrogen (secondary N) is 1. The van der Waals surface area contributed by atoms with Gasteiger partial charge in [0.2, 0.25) is 0 Å². The Labute approximate surface area is 148 Å². The van der Waals surface area contributed by atoms with E-state index in [1.807, 2.05) is 43.3 Å². The number of amides is 1. The average molecular weight is 341 g/mol. The van der Waals surface area contributed by atoms with Crippen molar-refractivity contribution in [3.63, 3.8) is 0 Å². The molecule has 0 saturated heterocycles. The van der Waals surface area contributed by atoms with Crippen LogP contribution in [0, 0.1) is 6.92 Å². The lowest BCUT2D eigenvalue weighted by Gasteiger charge is -2.17. The van der Waals surface area contributed by atoms with Gasteiger partial charge in [0.1, 0.15) is 0 Å². The van der Waals surface area contributed by atoms with Gasteiger partial charge in [0.05, 0.1) is 19.6 Å². The van der Waals surface area contributed by atoms with Crippen molar-refractivity contribution in [2.24, 2.45) is 0 Å². The van der Waals surface area contributed by atoms with Crippen LogP contribution in [-0.4, -0.2) is 32.6 Å². The summed E-state index contributed by atoms with van der Waals surface area (Å²) in [5, 5.41) is 2.84. The van der Waals surface area contributed by atoms with Gasteiger partial charge in [-0.2, -0.15) is 0 Å². The Bertz CT molecular complexity index is 742. The highest BCUT2D eigenvalue weighted by Gasteiger charge is 2.23. The Kier molecular flexibility index (Phi) is 6.71. The lowest BCUT2D eigenvalue weighted by molar-refractivity contribution is -0.142. The lowest BCUT2D eigenvalue weighted by atomic mass is 9.97. The van der Waals surface area contributed by atoms with E-state index in [-0.39, 0.29) is 18.4 Å². The summed E-state index contributed by atoms with van der Waals surface area (Å²) in [6.07, 6.45) is 0. The maximum Gasteiger partial charge on any atom is 0.314 e. The van der Waals surface area contributed by atoms with Gasteiger partial charge in [0.25, 0.3) is 5.91 Å². The van der Waals surface area contributed by atoms with E-state index in [4.69, 9.17) is 9.47 Å². The molecule has 0 fully saturated rings. The first-order valence-corrected chi connectivity index (χ1v) is 8.06. The first-order chi connectivity index (χ1) is 12.1. The van der Waals surface area contributed by atoms with E-state index in [2.05, 4.69) is 5.32 Å².